The summed E-state index contributed by atoms with van der Waals surface area (Å²) in [6, 6.07) is 0.265. The molecule has 2 N–H and O–H groups in total. The van der Waals surface area contributed by atoms with E-state index in [2.05, 4.69) is 21.8 Å². The molecule has 0 spiro atoms. The molecule has 0 aromatic carbocycles. The SMILES string of the molecule is Cc1nccnc1C(C)N1CCOC(CN)C1. The minimum atomic E-state index is 0.142. The summed E-state index contributed by atoms with van der Waals surface area (Å²) in [5, 5.41) is 0. The number of hydrogen-bond donors (Lipinski definition) is 1. The molecule has 1 saturated heterocycles. The number of aryl methyl sites for hydroxylation is 1. The Labute approximate surface area is 102 Å². The largest absolute Gasteiger partial charge is 0.374 e. The summed E-state index contributed by atoms with van der Waals surface area (Å²) < 4.78 is 5.57. The molecule has 2 heterocycles. The van der Waals surface area contributed by atoms with E-state index in [1.54, 1.807) is 12.4 Å². The zero-order valence-corrected chi connectivity index (χ0v) is 10.5. The predicted molar refractivity (Wildman–Crippen MR) is 65.6 cm³/mol. The van der Waals surface area contributed by atoms with Crippen molar-refractivity contribution in [3.05, 3.63) is 23.8 Å². The van der Waals surface area contributed by atoms with Gasteiger partial charge in [0, 0.05) is 32.0 Å². The van der Waals surface area contributed by atoms with Gasteiger partial charge in [-0.1, -0.05) is 0 Å². The van der Waals surface area contributed by atoms with Crippen LogP contribution in [0.15, 0.2) is 12.4 Å². The molecule has 0 radical (unpaired) electrons. The quantitative estimate of drug-likeness (QED) is 0.828. The molecule has 2 rings (SSSR count). The van der Waals surface area contributed by atoms with Gasteiger partial charge in [0.15, 0.2) is 0 Å². The van der Waals surface area contributed by atoms with Crippen molar-refractivity contribution in [1.29, 1.82) is 0 Å². The van der Waals surface area contributed by atoms with Gasteiger partial charge in [-0.3, -0.25) is 14.9 Å². The molecule has 1 aliphatic heterocycles. The van der Waals surface area contributed by atoms with E-state index in [-0.39, 0.29) is 12.1 Å². The van der Waals surface area contributed by atoms with Gasteiger partial charge >= 0.3 is 0 Å². The van der Waals surface area contributed by atoms with Gasteiger partial charge in [-0.05, 0) is 13.8 Å². The first-order valence-corrected chi connectivity index (χ1v) is 6.05. The zero-order chi connectivity index (χ0) is 12.3. The van der Waals surface area contributed by atoms with E-state index >= 15 is 0 Å². The number of nitrogens with two attached hydrogens (primary N) is 1. The molecule has 17 heavy (non-hydrogen) atoms. The van der Waals surface area contributed by atoms with Crippen molar-refractivity contribution in [2.75, 3.05) is 26.2 Å². The van der Waals surface area contributed by atoms with Crippen molar-refractivity contribution in [2.24, 2.45) is 5.73 Å². The number of nitrogens with zero attached hydrogens (tertiary/aromatic N) is 3. The van der Waals surface area contributed by atoms with Gasteiger partial charge < -0.3 is 10.5 Å². The standard InChI is InChI=1S/C12H20N4O/c1-9-12(15-4-3-14-9)10(2)16-5-6-17-11(7-13)8-16/h3-4,10-11H,5-8,13H2,1-2H3. The van der Waals surface area contributed by atoms with Gasteiger partial charge in [-0.15, -0.1) is 0 Å². The molecule has 5 nitrogen and oxygen atoms in total. The normalized spacial score (nSPS) is 23.6. The fourth-order valence-corrected chi connectivity index (χ4v) is 2.24. The second kappa shape index (κ2) is 5.53. The number of aromatic nitrogens is 2. The van der Waals surface area contributed by atoms with Gasteiger partial charge in [-0.2, -0.15) is 0 Å². The summed E-state index contributed by atoms with van der Waals surface area (Å²) in [5.41, 5.74) is 7.70. The molecule has 2 atom stereocenters. The van der Waals surface area contributed by atoms with Gasteiger partial charge in [0.1, 0.15) is 0 Å². The highest BCUT2D eigenvalue weighted by molar-refractivity contribution is 5.12. The van der Waals surface area contributed by atoms with Crippen molar-refractivity contribution >= 4 is 0 Å². The van der Waals surface area contributed by atoms with Gasteiger partial charge in [0.05, 0.1) is 30.1 Å². The molecular formula is C12H20N4O. The maximum atomic E-state index is 5.65. The summed E-state index contributed by atoms with van der Waals surface area (Å²) in [5.74, 6) is 0. The highest BCUT2D eigenvalue weighted by Gasteiger charge is 2.25. The van der Waals surface area contributed by atoms with Crippen LogP contribution in [0.3, 0.4) is 0 Å². The molecule has 94 valence electrons. The van der Waals surface area contributed by atoms with Crippen LogP contribution in [0.1, 0.15) is 24.4 Å². The van der Waals surface area contributed by atoms with Crippen LogP contribution in [0.5, 0.6) is 0 Å². The lowest BCUT2D eigenvalue weighted by molar-refractivity contribution is -0.0371. The minimum absolute atomic E-state index is 0.142. The predicted octanol–water partition coefficient (Wildman–Crippen LogP) is 0.506. The molecule has 1 aromatic rings. The minimum Gasteiger partial charge on any atom is -0.374 e. The fraction of sp³-hybridized carbons (Fsp3) is 0.667. The van der Waals surface area contributed by atoms with E-state index in [0.717, 1.165) is 31.1 Å². The van der Waals surface area contributed by atoms with Crippen LogP contribution in [0, 0.1) is 6.92 Å². The van der Waals surface area contributed by atoms with Crippen LogP contribution < -0.4 is 5.73 Å². The van der Waals surface area contributed by atoms with Crippen LogP contribution >= 0.6 is 0 Å². The summed E-state index contributed by atoms with van der Waals surface area (Å²) in [6.07, 6.45) is 3.62. The monoisotopic (exact) mass is 236 g/mol. The average molecular weight is 236 g/mol. The van der Waals surface area contributed by atoms with Crippen LogP contribution in [0.2, 0.25) is 0 Å². The Morgan fingerprint density at radius 1 is 1.53 bits per heavy atom. The molecule has 1 aliphatic rings. The van der Waals surface area contributed by atoms with Crippen molar-refractivity contribution in [2.45, 2.75) is 26.0 Å². The van der Waals surface area contributed by atoms with Crippen molar-refractivity contribution < 1.29 is 4.74 Å². The van der Waals surface area contributed by atoms with Gasteiger partial charge in [-0.25, -0.2) is 0 Å². The van der Waals surface area contributed by atoms with E-state index in [9.17, 15) is 0 Å². The summed E-state index contributed by atoms with van der Waals surface area (Å²) in [7, 11) is 0. The Hall–Kier alpha value is -1.04. The highest BCUT2D eigenvalue weighted by atomic mass is 16.5. The highest BCUT2D eigenvalue weighted by Crippen LogP contribution is 2.22. The van der Waals surface area contributed by atoms with E-state index in [4.69, 9.17) is 10.5 Å². The Morgan fingerprint density at radius 2 is 2.29 bits per heavy atom. The van der Waals surface area contributed by atoms with Crippen molar-refractivity contribution in [3.63, 3.8) is 0 Å². The van der Waals surface area contributed by atoms with Gasteiger partial charge in [0.25, 0.3) is 0 Å². The number of hydrogen-bond acceptors (Lipinski definition) is 5. The lowest BCUT2D eigenvalue weighted by Gasteiger charge is -2.36. The maximum Gasteiger partial charge on any atom is 0.0824 e. The summed E-state index contributed by atoms with van der Waals surface area (Å²) in [6.45, 7) is 7.27. The second-order valence-electron chi connectivity index (χ2n) is 4.43. The summed E-state index contributed by atoms with van der Waals surface area (Å²) >= 11 is 0. The van der Waals surface area contributed by atoms with Crippen LogP contribution in [0.25, 0.3) is 0 Å². The lowest BCUT2D eigenvalue weighted by Crippen LogP contribution is -2.46. The third kappa shape index (κ3) is 2.80. The molecule has 0 saturated carbocycles. The topological polar surface area (TPSA) is 64.3 Å². The Kier molecular flexibility index (Phi) is 4.04. The summed E-state index contributed by atoms with van der Waals surface area (Å²) in [4.78, 5) is 11.1. The number of morpholine rings is 1. The molecule has 1 aromatic heterocycles. The van der Waals surface area contributed by atoms with E-state index in [1.807, 2.05) is 6.92 Å². The molecule has 1 fully saturated rings. The van der Waals surface area contributed by atoms with Crippen molar-refractivity contribution in [1.82, 2.24) is 14.9 Å². The Morgan fingerprint density at radius 3 is 3.00 bits per heavy atom. The van der Waals surface area contributed by atoms with E-state index < -0.39 is 0 Å². The first-order valence-electron chi connectivity index (χ1n) is 6.05. The van der Waals surface area contributed by atoms with E-state index in [0.29, 0.717) is 6.54 Å². The zero-order valence-electron chi connectivity index (χ0n) is 10.5. The smallest absolute Gasteiger partial charge is 0.0824 e. The van der Waals surface area contributed by atoms with Crippen LogP contribution in [0.4, 0.5) is 0 Å². The second-order valence-corrected chi connectivity index (χ2v) is 4.43. The Balaban J connectivity index is 2.09. The van der Waals surface area contributed by atoms with Crippen LogP contribution in [-0.4, -0.2) is 47.2 Å². The third-order valence-electron chi connectivity index (χ3n) is 3.30. The molecule has 0 amide bonds. The molecule has 0 aliphatic carbocycles. The molecule has 2 unspecified atom stereocenters. The Bertz CT molecular complexity index is 371. The molecule has 0 bridgehead atoms. The lowest BCUT2D eigenvalue weighted by atomic mass is 10.1. The number of ether oxygens (including phenoxy) is 1. The first kappa shape index (κ1) is 12.4. The number of rotatable bonds is 3. The average Bonchev–Trinajstić information content (AvgIpc) is 2.38. The maximum absolute atomic E-state index is 5.65. The van der Waals surface area contributed by atoms with E-state index in [1.165, 1.54) is 0 Å². The van der Waals surface area contributed by atoms with Gasteiger partial charge in [0.2, 0.25) is 0 Å². The molecule has 5 heteroatoms. The van der Waals surface area contributed by atoms with Crippen LogP contribution in [-0.2, 0) is 4.74 Å². The third-order valence-corrected chi connectivity index (χ3v) is 3.30. The fourth-order valence-electron chi connectivity index (χ4n) is 2.24. The van der Waals surface area contributed by atoms with Crippen molar-refractivity contribution in [3.8, 4) is 0 Å². The first-order chi connectivity index (χ1) is 8.22. The molecular weight excluding hydrogens is 216 g/mol.